The number of hydrogen-bond donors (Lipinski definition) is 2. The maximum Gasteiger partial charge on any atom is 0.419 e. The number of phenolic OH excluding ortho intramolecular Hbond substituents is 1. The minimum atomic E-state index is -4.89. The van der Waals surface area contributed by atoms with Crippen molar-refractivity contribution in [3.05, 3.63) is 74.5 Å². The topological polar surface area (TPSA) is 74.6 Å². The van der Waals surface area contributed by atoms with Crippen LogP contribution in [0.3, 0.4) is 0 Å². The molecule has 2 aromatic carbocycles. The Hall–Kier alpha value is -3.27. The van der Waals surface area contributed by atoms with Crippen LogP contribution in [0, 0.1) is 18.6 Å². The van der Waals surface area contributed by atoms with Gasteiger partial charge in [0.25, 0.3) is 0 Å². The number of carboxylic acid groups (broad SMARTS) is 1. The number of benzene rings is 2. The summed E-state index contributed by atoms with van der Waals surface area (Å²) in [6.45, 7) is 1.33. The number of phenols is 1. The number of rotatable bonds is 5. The molecule has 0 atom stereocenters. The van der Waals surface area contributed by atoms with Crippen molar-refractivity contribution in [3.63, 3.8) is 0 Å². The van der Waals surface area contributed by atoms with Gasteiger partial charge in [-0.15, -0.1) is 11.3 Å². The molecular formula is C21H13F5O4S. The average Bonchev–Trinajstić information content (AvgIpc) is 3.08. The lowest BCUT2D eigenvalue weighted by Gasteiger charge is -2.12. The Balaban J connectivity index is 2.04. The van der Waals surface area contributed by atoms with E-state index in [1.54, 1.807) is 0 Å². The number of ketones is 1. The first-order valence-corrected chi connectivity index (χ1v) is 9.52. The van der Waals surface area contributed by atoms with Gasteiger partial charge >= 0.3 is 12.1 Å². The Morgan fingerprint density at radius 1 is 1.03 bits per heavy atom. The maximum atomic E-state index is 14.4. The van der Waals surface area contributed by atoms with Crippen LogP contribution in [-0.4, -0.2) is 22.0 Å². The second-order valence-corrected chi connectivity index (χ2v) is 7.57. The molecule has 0 saturated carbocycles. The largest absolute Gasteiger partial charge is 0.507 e. The van der Waals surface area contributed by atoms with Gasteiger partial charge in [-0.3, -0.25) is 4.79 Å². The number of alkyl halides is 3. The van der Waals surface area contributed by atoms with Crippen LogP contribution >= 0.6 is 11.3 Å². The van der Waals surface area contributed by atoms with Crippen molar-refractivity contribution in [2.45, 2.75) is 19.5 Å². The summed E-state index contributed by atoms with van der Waals surface area (Å²) in [5, 5.41) is 20.7. The van der Waals surface area contributed by atoms with Crippen LogP contribution in [0.15, 0.2) is 35.7 Å². The molecule has 0 fully saturated rings. The van der Waals surface area contributed by atoms with Gasteiger partial charge in [-0.1, -0.05) is 18.2 Å². The second kappa shape index (κ2) is 8.10. The lowest BCUT2D eigenvalue weighted by molar-refractivity contribution is -0.138. The van der Waals surface area contributed by atoms with Crippen molar-refractivity contribution in [2.24, 2.45) is 0 Å². The summed E-state index contributed by atoms with van der Waals surface area (Å²) in [5.41, 5.74) is -2.97. The number of halogens is 5. The number of carbonyl (C=O) groups excluding carboxylic acids is 1. The number of carboxylic acids is 1. The number of aromatic carboxylic acids is 1. The van der Waals surface area contributed by atoms with Crippen molar-refractivity contribution < 1.29 is 41.8 Å². The molecule has 1 heterocycles. The first-order valence-electron chi connectivity index (χ1n) is 8.64. The minimum absolute atomic E-state index is 0.0174. The molecule has 0 unspecified atom stereocenters. The molecule has 0 aliphatic rings. The second-order valence-electron chi connectivity index (χ2n) is 6.61. The van der Waals surface area contributed by atoms with Crippen molar-refractivity contribution in [2.75, 3.05) is 0 Å². The van der Waals surface area contributed by atoms with E-state index in [9.17, 15) is 41.8 Å². The Morgan fingerprint density at radius 2 is 1.71 bits per heavy atom. The molecular weight excluding hydrogens is 443 g/mol. The zero-order chi connectivity index (χ0) is 23.1. The van der Waals surface area contributed by atoms with E-state index in [0.717, 1.165) is 23.5 Å². The van der Waals surface area contributed by atoms with Crippen LogP contribution in [0.25, 0.3) is 11.1 Å². The summed E-state index contributed by atoms with van der Waals surface area (Å²) in [7, 11) is 0. The van der Waals surface area contributed by atoms with Gasteiger partial charge in [0.2, 0.25) is 0 Å². The number of Topliss-reactive ketones (excluding diaryl/α,β-unsaturated/α-hetero) is 1. The summed E-state index contributed by atoms with van der Waals surface area (Å²) in [6, 6.07) is 5.00. The first-order chi connectivity index (χ1) is 14.4. The van der Waals surface area contributed by atoms with E-state index in [2.05, 4.69) is 0 Å². The lowest BCUT2D eigenvalue weighted by Crippen LogP contribution is -2.11. The summed E-state index contributed by atoms with van der Waals surface area (Å²) in [4.78, 5) is 24.3. The molecule has 0 aliphatic heterocycles. The van der Waals surface area contributed by atoms with Gasteiger partial charge in [-0.2, -0.15) is 13.2 Å². The lowest BCUT2D eigenvalue weighted by atomic mass is 9.97. The van der Waals surface area contributed by atoms with Gasteiger partial charge in [-0.05, 0) is 30.0 Å². The fourth-order valence-corrected chi connectivity index (χ4v) is 4.09. The zero-order valence-corrected chi connectivity index (χ0v) is 16.5. The number of thiophene rings is 1. The maximum absolute atomic E-state index is 14.4. The molecule has 3 rings (SSSR count). The van der Waals surface area contributed by atoms with Crippen molar-refractivity contribution >= 4 is 23.1 Å². The van der Waals surface area contributed by atoms with Gasteiger partial charge in [-0.25, -0.2) is 13.6 Å². The number of carbonyl (C=O) groups is 2. The summed E-state index contributed by atoms with van der Waals surface area (Å²) in [5.74, 6) is -6.15. The van der Waals surface area contributed by atoms with Crippen molar-refractivity contribution in [1.29, 1.82) is 0 Å². The van der Waals surface area contributed by atoms with E-state index in [4.69, 9.17) is 0 Å². The highest BCUT2D eigenvalue weighted by atomic mass is 32.1. The highest BCUT2D eigenvalue weighted by Gasteiger charge is 2.35. The third-order valence-corrected chi connectivity index (χ3v) is 5.60. The summed E-state index contributed by atoms with van der Waals surface area (Å²) < 4.78 is 67.2. The smallest absolute Gasteiger partial charge is 0.419 e. The molecule has 3 aromatic rings. The Kier molecular flexibility index (Phi) is 5.86. The van der Waals surface area contributed by atoms with Gasteiger partial charge in [0, 0.05) is 22.4 Å². The third-order valence-electron chi connectivity index (χ3n) is 4.61. The molecule has 0 spiro atoms. The van der Waals surface area contributed by atoms with Gasteiger partial charge in [0.05, 0.1) is 16.7 Å². The van der Waals surface area contributed by atoms with Crippen molar-refractivity contribution in [1.82, 2.24) is 0 Å². The number of aryl methyl sites for hydroxylation is 1. The molecule has 0 aliphatic carbocycles. The van der Waals surface area contributed by atoms with Gasteiger partial charge in [0.15, 0.2) is 17.4 Å². The van der Waals surface area contributed by atoms with E-state index in [-0.39, 0.29) is 21.6 Å². The minimum Gasteiger partial charge on any atom is -0.507 e. The Bertz CT molecular complexity index is 1200. The van der Waals surface area contributed by atoms with Crippen LogP contribution < -0.4 is 0 Å². The van der Waals surface area contributed by atoms with Crippen molar-refractivity contribution in [3.8, 4) is 16.9 Å². The standard InChI is InChI=1S/C21H13F5O4S/c1-9-5-6-10(18(23)17(9)22)12-8-31-15(16(12)20(29)30)7-14(27)11-3-2-4-13(19(11)28)21(24,25)26/h2-6,8,28H,7H2,1H3,(H,29,30). The highest BCUT2D eigenvalue weighted by molar-refractivity contribution is 7.11. The number of para-hydroxylation sites is 1. The van der Waals surface area contributed by atoms with E-state index in [1.807, 2.05) is 0 Å². The van der Waals surface area contributed by atoms with Crippen LogP contribution in [0.2, 0.25) is 0 Å². The van der Waals surface area contributed by atoms with Crippen LogP contribution in [-0.2, 0) is 12.6 Å². The molecule has 2 N–H and O–H groups in total. The van der Waals surface area contributed by atoms with E-state index in [0.29, 0.717) is 6.07 Å². The molecule has 0 saturated heterocycles. The average molecular weight is 456 g/mol. The van der Waals surface area contributed by atoms with Crippen LogP contribution in [0.1, 0.15) is 36.7 Å². The van der Waals surface area contributed by atoms with E-state index >= 15 is 0 Å². The molecule has 31 heavy (non-hydrogen) atoms. The molecule has 4 nitrogen and oxygen atoms in total. The number of hydrogen-bond acceptors (Lipinski definition) is 4. The van der Waals surface area contributed by atoms with Crippen LogP contribution in [0.4, 0.5) is 22.0 Å². The normalized spacial score (nSPS) is 11.5. The third kappa shape index (κ3) is 4.15. The molecule has 10 heteroatoms. The molecule has 0 bridgehead atoms. The molecule has 162 valence electrons. The quantitative estimate of drug-likeness (QED) is 0.373. The molecule has 0 radical (unpaired) electrons. The monoisotopic (exact) mass is 456 g/mol. The predicted molar refractivity (Wildman–Crippen MR) is 103 cm³/mol. The SMILES string of the molecule is Cc1ccc(-c2csc(CC(=O)c3cccc(C(F)(F)F)c3O)c2C(=O)O)c(F)c1F. The fraction of sp³-hybridized carbons (Fsp3) is 0.143. The van der Waals surface area contributed by atoms with E-state index in [1.165, 1.54) is 24.4 Å². The molecule has 0 amide bonds. The van der Waals surface area contributed by atoms with Gasteiger partial charge < -0.3 is 10.2 Å². The molecule has 1 aromatic heterocycles. The van der Waals surface area contributed by atoms with Crippen LogP contribution in [0.5, 0.6) is 5.75 Å². The number of aromatic hydroxyl groups is 1. The predicted octanol–water partition coefficient (Wildman–Crippen LogP) is 5.85. The van der Waals surface area contributed by atoms with E-state index < -0.39 is 58.4 Å². The summed E-state index contributed by atoms with van der Waals surface area (Å²) >= 11 is 0.762. The highest BCUT2D eigenvalue weighted by Crippen LogP contribution is 2.39. The Labute approximate surface area is 176 Å². The first kappa shape index (κ1) is 22.4. The Morgan fingerprint density at radius 3 is 2.32 bits per heavy atom. The zero-order valence-electron chi connectivity index (χ0n) is 15.7. The van der Waals surface area contributed by atoms with Gasteiger partial charge in [0.1, 0.15) is 5.75 Å². The summed E-state index contributed by atoms with van der Waals surface area (Å²) in [6.07, 6.45) is -5.55. The fourth-order valence-electron chi connectivity index (χ4n) is 3.05.